The van der Waals surface area contributed by atoms with Gasteiger partial charge in [-0.3, -0.25) is 47.7 Å². The number of fused-ring (bicyclic) bond motifs is 2. The zero-order valence-corrected chi connectivity index (χ0v) is 56.6. The number of alkyl halides is 2. The quantitative estimate of drug-likeness (QED) is 0.0198. The highest BCUT2D eigenvalue weighted by molar-refractivity contribution is 7.52. The van der Waals surface area contributed by atoms with Crippen LogP contribution in [0.2, 0.25) is 0 Å². The molecule has 3 fully saturated rings. The van der Waals surface area contributed by atoms with Crippen molar-refractivity contribution in [3.63, 3.8) is 0 Å². The van der Waals surface area contributed by atoms with Crippen molar-refractivity contribution in [2.75, 3.05) is 33.2 Å². The van der Waals surface area contributed by atoms with E-state index in [1.807, 2.05) is 63.8 Å². The van der Waals surface area contributed by atoms with Crippen LogP contribution in [0.4, 0.5) is 8.78 Å². The van der Waals surface area contributed by atoms with Crippen molar-refractivity contribution in [3.05, 3.63) is 112 Å². The molecule has 29 heteroatoms. The number of hydrogen-bond acceptors (Lipinski definition) is 14. The maximum Gasteiger partial charge on any atom is 0.399 e. The van der Waals surface area contributed by atoms with Gasteiger partial charge in [-0.1, -0.05) is 114 Å². The number of amides is 9. The Morgan fingerprint density at radius 2 is 1.48 bits per heavy atom. The van der Waals surface area contributed by atoms with Crippen molar-refractivity contribution in [1.29, 1.82) is 0 Å². The first kappa shape index (κ1) is 73.8. The van der Waals surface area contributed by atoms with Gasteiger partial charge in [-0.2, -0.15) is 8.78 Å². The lowest BCUT2D eigenvalue weighted by Crippen LogP contribution is -2.61. The standard InChI is InChI=1S/C67H89F2N12O13PS/c1-39(41-20-22-43(23-21-41)57-40(2)72-38-96-57)73-62(88)53-35-47(82)36-80(53)65(91)58(66(3,4)5)77-55(84)19-15-10-8-7-9-11-16-31-71-63(89)56(42-17-13-12-14-18-42)78-59(85)49(27-29-54(70)83)75-61(87)52-28-25-46-30-32-79(6)37-51(64(90)81(46)52)76-60(86)50-34-44-33-45(24-26-48(44)74-50)67(68,69)95(92,93)94/h12-14,17-18,20-24,26,33-34,38-39,46-47,49,51-53,56,58,74,82H,7-11,15-16,19,25,27-32,35-37H2,1-6H3,(H2,70,83)(H,71,89)(H,73,88)(H,75,87)(H,76,86)(H,77,84)(H,78,85)(H2,92,93,94)/t39-,46+,47+,49-,51-,52-,53-,56-,58+/m0/s1. The minimum atomic E-state index is -5.89. The molecule has 3 aliphatic rings. The van der Waals surface area contributed by atoms with E-state index in [1.165, 1.54) is 15.9 Å². The number of nitrogens with one attached hydrogen (secondary N) is 7. The number of aliphatic hydroxyl groups is 1. The number of nitrogens with zero attached hydrogens (tertiary/aromatic N) is 4. The van der Waals surface area contributed by atoms with Gasteiger partial charge >= 0.3 is 13.3 Å². The van der Waals surface area contributed by atoms with E-state index in [1.54, 1.807) is 54.2 Å². The highest BCUT2D eigenvalue weighted by Gasteiger charge is 2.51. The normalized spacial score (nSPS) is 19.9. The molecule has 0 spiro atoms. The Balaban J connectivity index is 0.787. The summed E-state index contributed by atoms with van der Waals surface area (Å²) in [6.07, 6.45) is 5.04. The highest BCUT2D eigenvalue weighted by Crippen LogP contribution is 2.59. The Morgan fingerprint density at radius 3 is 2.14 bits per heavy atom. The Hall–Kier alpha value is -8.01. The summed E-state index contributed by atoms with van der Waals surface area (Å²) in [6.45, 7) is 10.0. The number of likely N-dealkylation sites (N-methyl/N-ethyl adjacent to an activating group) is 1. The molecular weight excluding hydrogens is 1280 g/mol. The van der Waals surface area contributed by atoms with Gasteiger partial charge in [0, 0.05) is 61.4 Å². The fourth-order valence-electron chi connectivity index (χ4n) is 12.6. The number of hydrogen-bond donors (Lipinski definition) is 11. The van der Waals surface area contributed by atoms with Crippen LogP contribution in [0.25, 0.3) is 21.3 Å². The number of β-amino-alcohol motifs (C(OH)–C–C–N with tert-alkyl or cyclic N) is 1. The van der Waals surface area contributed by atoms with E-state index in [4.69, 9.17) is 5.73 Å². The Bertz CT molecular complexity index is 3660. The number of aryl methyl sites for hydroxylation is 1. The zero-order chi connectivity index (χ0) is 69.8. The highest BCUT2D eigenvalue weighted by atomic mass is 32.1. The molecule has 96 heavy (non-hydrogen) atoms. The lowest BCUT2D eigenvalue weighted by molar-refractivity contribution is -0.144. The molecule has 0 radical (unpaired) electrons. The number of likely N-dealkylation sites (tertiary alicyclic amines) is 1. The van der Waals surface area contributed by atoms with Crippen LogP contribution in [0.3, 0.4) is 0 Å². The van der Waals surface area contributed by atoms with Crippen LogP contribution in [-0.2, 0) is 48.6 Å². The first-order valence-electron chi connectivity index (χ1n) is 32.6. The minimum Gasteiger partial charge on any atom is -0.391 e. The number of carbonyl (C=O) groups excluding carboxylic acids is 9. The molecule has 5 aromatic rings. The summed E-state index contributed by atoms with van der Waals surface area (Å²) in [6, 6.07) is 12.6. The lowest BCUT2D eigenvalue weighted by Gasteiger charge is -2.38. The first-order chi connectivity index (χ1) is 45.4. The van der Waals surface area contributed by atoms with Gasteiger partial charge in [0.15, 0.2) is 0 Å². The Labute approximate surface area is 560 Å². The largest absolute Gasteiger partial charge is 0.399 e. The minimum absolute atomic E-state index is 0.0111. The molecule has 8 rings (SSSR count). The number of benzene rings is 3. The Morgan fingerprint density at radius 1 is 0.802 bits per heavy atom. The molecule has 520 valence electrons. The van der Waals surface area contributed by atoms with Crippen molar-refractivity contribution in [3.8, 4) is 10.4 Å². The number of aromatic nitrogens is 2. The molecule has 25 nitrogen and oxygen atoms in total. The molecular formula is C67H89F2N12O13PS. The van der Waals surface area contributed by atoms with E-state index in [2.05, 4.69) is 41.9 Å². The number of H-pyrrole nitrogens is 1. The fraction of sp³-hybridized carbons (Fsp3) is 0.522. The molecule has 0 bridgehead atoms. The first-order valence-corrected chi connectivity index (χ1v) is 35.1. The monoisotopic (exact) mass is 1370 g/mol. The van der Waals surface area contributed by atoms with E-state index in [0.717, 1.165) is 72.0 Å². The van der Waals surface area contributed by atoms with Crippen molar-refractivity contribution >= 4 is 83.0 Å². The molecule has 9 atom stereocenters. The third kappa shape index (κ3) is 18.8. The average molecular weight is 1370 g/mol. The molecule has 9 amide bonds. The molecule has 3 saturated heterocycles. The van der Waals surface area contributed by atoms with Gasteiger partial charge in [0.1, 0.15) is 41.9 Å². The summed E-state index contributed by atoms with van der Waals surface area (Å²) < 4.78 is 40.7. The number of unbranched alkanes of at least 4 members (excludes halogenated alkanes) is 6. The lowest BCUT2D eigenvalue weighted by atomic mass is 9.85. The van der Waals surface area contributed by atoms with Gasteiger partial charge in [-0.05, 0) is 106 Å². The molecule has 0 aliphatic carbocycles. The number of carbonyl (C=O) groups is 9. The van der Waals surface area contributed by atoms with Crippen LogP contribution in [0, 0.1) is 12.3 Å². The number of rotatable bonds is 29. The van der Waals surface area contributed by atoms with Crippen molar-refractivity contribution in [2.45, 2.75) is 185 Å². The van der Waals surface area contributed by atoms with Gasteiger partial charge in [-0.15, -0.1) is 11.3 Å². The summed E-state index contributed by atoms with van der Waals surface area (Å²) in [5.74, 6) is -5.34. The fourth-order valence-corrected chi connectivity index (χ4v) is 13.9. The smallest absolute Gasteiger partial charge is 0.391 e. The number of aliphatic hydroxyl groups excluding tert-OH is 1. The van der Waals surface area contributed by atoms with Crippen molar-refractivity contribution < 1.29 is 71.4 Å². The van der Waals surface area contributed by atoms with Gasteiger partial charge in [0.2, 0.25) is 47.3 Å². The maximum absolute atomic E-state index is 14.6. The summed E-state index contributed by atoms with van der Waals surface area (Å²) in [5.41, 5.74) is 4.47. The summed E-state index contributed by atoms with van der Waals surface area (Å²) in [5, 5.41) is 27.8. The maximum atomic E-state index is 14.6. The third-order valence-electron chi connectivity index (χ3n) is 18.0. The van der Waals surface area contributed by atoms with Gasteiger partial charge in [0.25, 0.3) is 5.91 Å². The predicted octanol–water partition coefficient (Wildman–Crippen LogP) is 5.84. The van der Waals surface area contributed by atoms with Gasteiger partial charge < -0.3 is 72.2 Å². The van der Waals surface area contributed by atoms with Crippen LogP contribution in [-0.4, -0.2) is 168 Å². The predicted molar refractivity (Wildman–Crippen MR) is 355 cm³/mol. The summed E-state index contributed by atoms with van der Waals surface area (Å²) >= 11 is 1.55. The van der Waals surface area contributed by atoms with Crippen LogP contribution < -0.4 is 37.6 Å². The second-order valence-electron chi connectivity index (χ2n) is 26.5. The second kappa shape index (κ2) is 32.4. The molecule has 3 aromatic carbocycles. The second-order valence-corrected chi connectivity index (χ2v) is 29.0. The van der Waals surface area contributed by atoms with Crippen molar-refractivity contribution in [2.24, 2.45) is 11.1 Å². The third-order valence-corrected chi connectivity index (χ3v) is 20.0. The molecule has 0 saturated carbocycles. The van der Waals surface area contributed by atoms with Crippen LogP contribution in [0.15, 0.2) is 84.4 Å². The van der Waals surface area contributed by atoms with Gasteiger partial charge in [-0.25, -0.2) is 4.98 Å². The van der Waals surface area contributed by atoms with E-state index in [0.29, 0.717) is 37.8 Å². The van der Waals surface area contributed by atoms with Crippen LogP contribution >= 0.6 is 18.9 Å². The SMILES string of the molecule is Cc1ncsc1-c1ccc([C@H](C)NC(=O)[C@@H]2C[C@@H](O)CN2C(=O)[C@@H](NC(=O)CCCCCCCCCNC(=O)[C@@H](NC(=O)[C@H](CCC(N)=O)NC(=O)[C@@H]2CC[C@@H]3CCN(C)C[C@H](NC(=O)c4cc5cc(C(F)(F)P(=O)(O)O)ccc5[nH]4)C(=O)N32)c2ccccc2)C(C)(C)C)cc1. The molecule has 12 N–H and O–H groups in total. The summed E-state index contributed by atoms with van der Waals surface area (Å²) in [7, 11) is -4.13. The Kier molecular flexibility index (Phi) is 24.9. The van der Waals surface area contributed by atoms with Crippen LogP contribution in [0.1, 0.15) is 163 Å². The van der Waals surface area contributed by atoms with E-state index in [-0.39, 0.29) is 80.3 Å². The molecule has 3 aliphatic heterocycles. The number of halogens is 2. The average Bonchev–Trinajstić information content (AvgIpc) is 1.52. The van der Waals surface area contributed by atoms with E-state index >= 15 is 0 Å². The van der Waals surface area contributed by atoms with Crippen molar-refractivity contribution in [1.82, 2.24) is 56.6 Å². The van der Waals surface area contributed by atoms with Crippen LogP contribution in [0.5, 0.6) is 0 Å². The topological polar surface area (TPSA) is 368 Å². The number of thiazole rings is 1. The van der Waals surface area contributed by atoms with E-state index in [9.17, 15) is 71.4 Å². The van der Waals surface area contributed by atoms with Gasteiger partial charge in [0.05, 0.1) is 28.2 Å². The molecule has 2 aromatic heterocycles. The number of nitrogens with two attached hydrogens (primary N) is 1. The number of primary amides is 1. The molecule has 5 heterocycles. The zero-order valence-electron chi connectivity index (χ0n) is 54.9. The van der Waals surface area contributed by atoms with E-state index < -0.39 is 120 Å². The summed E-state index contributed by atoms with van der Waals surface area (Å²) in [4.78, 5) is 156. The molecule has 0 unspecified atom stereocenters. The number of aromatic amines is 1.